The number of Topliss-reactive ketones (excluding diaryl/α,β-unsaturated/α-hetero) is 1. The number of carbonyl (C=O) groups excluding carboxylic acids is 2. The molecule has 4 heterocycles. The normalized spacial score (nSPS) is 15.6. The van der Waals surface area contributed by atoms with Crippen molar-refractivity contribution in [1.29, 1.82) is 0 Å². The molecule has 1 aliphatic heterocycles. The van der Waals surface area contributed by atoms with Gasteiger partial charge in [-0.05, 0) is 56.3 Å². The van der Waals surface area contributed by atoms with Crippen LogP contribution in [-0.2, 0) is 16.0 Å². The van der Waals surface area contributed by atoms with E-state index in [-0.39, 0.29) is 18.5 Å². The quantitative estimate of drug-likeness (QED) is 0.258. The second-order valence-electron chi connectivity index (χ2n) is 8.58. The molecule has 0 spiro atoms. The molecule has 0 saturated carbocycles. The van der Waals surface area contributed by atoms with Crippen LogP contribution in [-0.4, -0.2) is 40.6 Å². The summed E-state index contributed by atoms with van der Waals surface area (Å²) in [6.07, 6.45) is 2.29. The standard InChI is InChI=1S/C27H26N2O4S/c1-17-13-21(18(2)29(17)15-19-7-5-11-32-19)25(30)16-33-27(31)22-14-24(26-10-6-12-34-26)28-23-9-4-3-8-20(22)23/h3-4,6,8-10,12-14,19H,5,7,11,15-16H2,1-2H3/t19-/m1/s1. The molecule has 1 aliphatic rings. The maximum Gasteiger partial charge on any atom is 0.339 e. The summed E-state index contributed by atoms with van der Waals surface area (Å²) in [4.78, 5) is 31.7. The summed E-state index contributed by atoms with van der Waals surface area (Å²) in [6.45, 7) is 5.14. The molecule has 1 fully saturated rings. The molecule has 1 saturated heterocycles. The number of carbonyl (C=O) groups is 2. The molecule has 1 atom stereocenters. The lowest BCUT2D eigenvalue weighted by Gasteiger charge is -2.14. The van der Waals surface area contributed by atoms with Crippen LogP contribution in [0.15, 0.2) is 53.9 Å². The van der Waals surface area contributed by atoms with Crippen LogP contribution in [0.5, 0.6) is 0 Å². The molecule has 0 bridgehead atoms. The van der Waals surface area contributed by atoms with E-state index in [0.717, 1.165) is 42.3 Å². The third-order valence-corrected chi connectivity index (χ3v) is 7.22. The van der Waals surface area contributed by atoms with Crippen molar-refractivity contribution in [3.63, 3.8) is 0 Å². The number of aromatic nitrogens is 2. The predicted octanol–water partition coefficient (Wildman–Crippen LogP) is 5.60. The lowest BCUT2D eigenvalue weighted by Crippen LogP contribution is -2.18. The van der Waals surface area contributed by atoms with Crippen molar-refractivity contribution in [1.82, 2.24) is 9.55 Å². The predicted molar refractivity (Wildman–Crippen MR) is 133 cm³/mol. The number of fused-ring (bicyclic) bond motifs is 1. The number of pyridine rings is 1. The van der Waals surface area contributed by atoms with E-state index in [0.29, 0.717) is 27.7 Å². The van der Waals surface area contributed by atoms with Gasteiger partial charge in [0.2, 0.25) is 5.78 Å². The number of aryl methyl sites for hydroxylation is 1. The minimum absolute atomic E-state index is 0.183. The van der Waals surface area contributed by atoms with Crippen LogP contribution in [0.4, 0.5) is 0 Å². The van der Waals surface area contributed by atoms with Crippen molar-refractivity contribution in [3.8, 4) is 10.6 Å². The molecule has 0 unspecified atom stereocenters. The van der Waals surface area contributed by atoms with Crippen LogP contribution >= 0.6 is 11.3 Å². The number of rotatable bonds is 7. The zero-order valence-electron chi connectivity index (χ0n) is 19.2. The second-order valence-corrected chi connectivity index (χ2v) is 9.53. The number of hydrogen-bond acceptors (Lipinski definition) is 6. The maximum atomic E-state index is 13.1. The van der Waals surface area contributed by atoms with Gasteiger partial charge in [-0.25, -0.2) is 9.78 Å². The highest BCUT2D eigenvalue weighted by molar-refractivity contribution is 7.13. The molecule has 0 amide bonds. The minimum atomic E-state index is -0.530. The first-order valence-corrected chi connectivity index (χ1v) is 12.3. The average Bonchev–Trinajstić information content (AvgIpc) is 3.61. The second kappa shape index (κ2) is 9.52. The first kappa shape index (κ1) is 22.5. The first-order valence-electron chi connectivity index (χ1n) is 11.4. The van der Waals surface area contributed by atoms with Gasteiger partial charge >= 0.3 is 5.97 Å². The number of para-hydroxylation sites is 1. The largest absolute Gasteiger partial charge is 0.454 e. The van der Waals surface area contributed by atoms with Gasteiger partial charge in [-0.1, -0.05) is 24.3 Å². The minimum Gasteiger partial charge on any atom is -0.454 e. The van der Waals surface area contributed by atoms with Crippen LogP contribution in [0.3, 0.4) is 0 Å². The highest BCUT2D eigenvalue weighted by atomic mass is 32.1. The van der Waals surface area contributed by atoms with Crippen LogP contribution in [0, 0.1) is 13.8 Å². The Morgan fingerprint density at radius 3 is 2.76 bits per heavy atom. The Kier molecular flexibility index (Phi) is 6.30. The van der Waals surface area contributed by atoms with Gasteiger partial charge in [0.15, 0.2) is 6.61 Å². The summed E-state index contributed by atoms with van der Waals surface area (Å²) in [7, 11) is 0. The molecule has 7 heteroatoms. The fraction of sp³-hybridized carbons (Fsp3) is 0.296. The molecule has 4 aromatic rings. The Morgan fingerprint density at radius 1 is 1.15 bits per heavy atom. The van der Waals surface area contributed by atoms with Gasteiger partial charge < -0.3 is 14.0 Å². The molecule has 0 radical (unpaired) electrons. The van der Waals surface area contributed by atoms with E-state index in [9.17, 15) is 9.59 Å². The van der Waals surface area contributed by atoms with Crippen molar-refractivity contribution < 1.29 is 19.1 Å². The van der Waals surface area contributed by atoms with Gasteiger partial charge in [0.05, 0.1) is 27.8 Å². The maximum absolute atomic E-state index is 13.1. The summed E-state index contributed by atoms with van der Waals surface area (Å²) in [5.74, 6) is -0.741. The molecule has 5 rings (SSSR count). The Hall–Kier alpha value is -3.29. The first-order chi connectivity index (χ1) is 16.5. The Bertz CT molecular complexity index is 1350. The number of nitrogens with zero attached hydrogens (tertiary/aromatic N) is 2. The number of hydrogen-bond donors (Lipinski definition) is 0. The number of ether oxygens (including phenoxy) is 2. The van der Waals surface area contributed by atoms with E-state index in [4.69, 9.17) is 14.5 Å². The lowest BCUT2D eigenvalue weighted by atomic mass is 10.1. The Labute approximate surface area is 202 Å². The highest BCUT2D eigenvalue weighted by Gasteiger charge is 2.22. The summed E-state index contributed by atoms with van der Waals surface area (Å²) in [6, 6.07) is 15.0. The van der Waals surface area contributed by atoms with Gasteiger partial charge in [-0.15, -0.1) is 11.3 Å². The van der Waals surface area contributed by atoms with Crippen molar-refractivity contribution in [2.24, 2.45) is 0 Å². The Morgan fingerprint density at radius 2 is 2.00 bits per heavy atom. The topological polar surface area (TPSA) is 70.4 Å². The number of thiophene rings is 1. The van der Waals surface area contributed by atoms with E-state index >= 15 is 0 Å². The SMILES string of the molecule is Cc1cc(C(=O)COC(=O)c2cc(-c3cccs3)nc3ccccc23)c(C)n1C[C@H]1CCCO1. The molecule has 174 valence electrons. The van der Waals surface area contributed by atoms with Gasteiger partial charge in [0.1, 0.15) is 0 Å². The molecule has 0 N–H and O–H groups in total. The number of ketones is 1. The Balaban J connectivity index is 1.35. The van der Waals surface area contributed by atoms with Gasteiger partial charge in [0, 0.05) is 35.5 Å². The number of benzene rings is 1. The van der Waals surface area contributed by atoms with E-state index < -0.39 is 5.97 Å². The molecule has 34 heavy (non-hydrogen) atoms. The lowest BCUT2D eigenvalue weighted by molar-refractivity contribution is 0.0476. The van der Waals surface area contributed by atoms with Gasteiger partial charge in [0.25, 0.3) is 0 Å². The summed E-state index contributed by atoms with van der Waals surface area (Å²) < 4.78 is 13.4. The van der Waals surface area contributed by atoms with Crippen LogP contribution in [0.1, 0.15) is 44.9 Å². The summed E-state index contributed by atoms with van der Waals surface area (Å²) in [5, 5.41) is 2.67. The van der Waals surface area contributed by atoms with Gasteiger partial charge in [-0.3, -0.25) is 4.79 Å². The smallest absolute Gasteiger partial charge is 0.339 e. The number of esters is 1. The zero-order chi connectivity index (χ0) is 23.7. The molecule has 0 aliphatic carbocycles. The highest BCUT2D eigenvalue weighted by Crippen LogP contribution is 2.28. The van der Waals surface area contributed by atoms with Crippen LogP contribution in [0.2, 0.25) is 0 Å². The monoisotopic (exact) mass is 474 g/mol. The third kappa shape index (κ3) is 4.41. The molecular weight excluding hydrogens is 448 g/mol. The van der Waals surface area contributed by atoms with E-state index in [1.54, 1.807) is 17.4 Å². The fourth-order valence-electron chi connectivity index (χ4n) is 4.54. The third-order valence-electron chi connectivity index (χ3n) is 6.33. The van der Waals surface area contributed by atoms with Crippen molar-refractivity contribution in [2.75, 3.05) is 13.2 Å². The van der Waals surface area contributed by atoms with Crippen molar-refractivity contribution in [2.45, 2.75) is 39.3 Å². The fourth-order valence-corrected chi connectivity index (χ4v) is 5.22. The molecule has 6 nitrogen and oxygen atoms in total. The average molecular weight is 475 g/mol. The summed E-state index contributed by atoms with van der Waals surface area (Å²) in [5.41, 5.74) is 4.30. The molecular formula is C27H26N2O4S. The van der Waals surface area contributed by atoms with Crippen molar-refractivity contribution >= 4 is 34.0 Å². The van der Waals surface area contributed by atoms with E-state index in [2.05, 4.69) is 4.57 Å². The molecule has 1 aromatic carbocycles. The van der Waals surface area contributed by atoms with Crippen LogP contribution < -0.4 is 0 Å². The zero-order valence-corrected chi connectivity index (χ0v) is 20.1. The van der Waals surface area contributed by atoms with E-state index in [1.807, 2.05) is 61.7 Å². The van der Waals surface area contributed by atoms with Gasteiger partial charge in [-0.2, -0.15) is 0 Å². The van der Waals surface area contributed by atoms with E-state index in [1.165, 1.54) is 0 Å². The summed E-state index contributed by atoms with van der Waals surface area (Å²) >= 11 is 1.56. The molecule has 3 aromatic heterocycles. The van der Waals surface area contributed by atoms with Crippen molar-refractivity contribution in [3.05, 3.63) is 76.4 Å². The van der Waals surface area contributed by atoms with Crippen LogP contribution in [0.25, 0.3) is 21.5 Å².